The maximum Gasteiger partial charge on any atom is 0.238 e. The number of carbonyl (C=O) groups is 3. The van der Waals surface area contributed by atoms with Crippen LogP contribution in [-0.2, 0) is 18.8 Å². The lowest BCUT2D eigenvalue weighted by Crippen LogP contribution is -2.47. The van der Waals surface area contributed by atoms with E-state index in [9.17, 15) is 14.4 Å². The van der Waals surface area contributed by atoms with E-state index in [1.807, 2.05) is 0 Å². The van der Waals surface area contributed by atoms with Crippen LogP contribution in [0.5, 0.6) is 0 Å². The summed E-state index contributed by atoms with van der Waals surface area (Å²) in [5.41, 5.74) is -0.513. The van der Waals surface area contributed by atoms with Crippen LogP contribution in [0.1, 0.15) is 34.1 Å². The lowest BCUT2D eigenvalue weighted by molar-refractivity contribution is -0.131. The summed E-state index contributed by atoms with van der Waals surface area (Å²) in [6.07, 6.45) is 0.798. The molecule has 2 atom stereocenters. The molecule has 1 aromatic carbocycles. The van der Waals surface area contributed by atoms with Gasteiger partial charge in [-0.15, -0.1) is 0 Å². The number of aldehydes is 1. The number of nitrogens with zero attached hydrogens (tertiary/aromatic N) is 1. The molecular weight excluding hydrogens is 426 g/mol. The summed E-state index contributed by atoms with van der Waals surface area (Å²) < 4.78 is 7.09. The molecule has 27 heavy (non-hydrogen) atoms. The van der Waals surface area contributed by atoms with Gasteiger partial charge in [0.15, 0.2) is 8.32 Å². The van der Waals surface area contributed by atoms with Gasteiger partial charge in [-0.05, 0) is 49.3 Å². The first-order chi connectivity index (χ1) is 12.3. The highest BCUT2D eigenvalue weighted by Gasteiger charge is 2.51. The highest BCUT2D eigenvalue weighted by molar-refractivity contribution is 9.10. The Hall–Kier alpha value is -1.31. The second kappa shape index (κ2) is 7.60. The summed E-state index contributed by atoms with van der Waals surface area (Å²) in [5, 5.41) is -0.00421. The molecular formula is C20H28BrNO4Si. The molecule has 2 rings (SSSR count). The highest BCUT2D eigenvalue weighted by atomic mass is 79.9. The molecule has 7 heteroatoms. The van der Waals surface area contributed by atoms with Crippen molar-refractivity contribution >= 4 is 48.0 Å². The third-order valence-corrected chi connectivity index (χ3v) is 10.9. The Morgan fingerprint density at radius 2 is 1.74 bits per heavy atom. The number of anilines is 1. The summed E-state index contributed by atoms with van der Waals surface area (Å²) in [6.45, 7) is 12.4. The van der Waals surface area contributed by atoms with Crippen molar-refractivity contribution in [3.8, 4) is 0 Å². The molecule has 1 aromatic rings. The van der Waals surface area contributed by atoms with Crippen molar-refractivity contribution < 1.29 is 18.8 Å². The van der Waals surface area contributed by atoms with Crippen molar-refractivity contribution in [2.45, 2.75) is 52.2 Å². The minimum atomic E-state index is -2.08. The lowest BCUT2D eigenvalue weighted by atomic mass is 9.78. The number of benzene rings is 1. The van der Waals surface area contributed by atoms with E-state index in [4.69, 9.17) is 4.43 Å². The Bertz CT molecular complexity index is 741. The number of carbonyl (C=O) groups excluding carboxylic acids is 3. The molecule has 0 unspecified atom stereocenters. The van der Waals surface area contributed by atoms with Crippen LogP contribution in [0.2, 0.25) is 18.1 Å². The van der Waals surface area contributed by atoms with Crippen molar-refractivity contribution in [3.63, 3.8) is 0 Å². The second-order valence-corrected chi connectivity index (χ2v) is 14.7. The van der Waals surface area contributed by atoms with Gasteiger partial charge in [0.1, 0.15) is 6.29 Å². The first-order valence-electron chi connectivity index (χ1n) is 9.05. The summed E-state index contributed by atoms with van der Waals surface area (Å²) in [4.78, 5) is 38.7. The quantitative estimate of drug-likeness (QED) is 0.359. The molecule has 1 saturated heterocycles. The van der Waals surface area contributed by atoms with Gasteiger partial charge >= 0.3 is 0 Å². The number of halogens is 1. The van der Waals surface area contributed by atoms with Gasteiger partial charge in [-0.3, -0.25) is 14.5 Å². The molecule has 0 bridgehead atoms. The average Bonchev–Trinajstić information content (AvgIpc) is 2.88. The van der Waals surface area contributed by atoms with E-state index >= 15 is 0 Å². The molecule has 0 saturated carbocycles. The van der Waals surface area contributed by atoms with Crippen LogP contribution < -0.4 is 4.90 Å². The van der Waals surface area contributed by atoms with Gasteiger partial charge in [-0.1, -0.05) is 36.7 Å². The Morgan fingerprint density at radius 1 is 1.19 bits per heavy atom. The first kappa shape index (κ1) is 22.0. The van der Waals surface area contributed by atoms with Gasteiger partial charge in [-0.2, -0.15) is 0 Å². The molecule has 148 valence electrons. The zero-order chi connectivity index (χ0) is 20.6. The molecule has 0 N–H and O–H groups in total. The predicted octanol–water partition coefficient (Wildman–Crippen LogP) is 4.56. The topological polar surface area (TPSA) is 63.7 Å². The normalized spacial score (nSPS) is 20.7. The monoisotopic (exact) mass is 453 g/mol. The molecule has 1 fully saturated rings. The molecule has 1 aliphatic rings. The van der Waals surface area contributed by atoms with Crippen molar-refractivity contribution in [1.82, 2.24) is 0 Å². The molecule has 0 spiro atoms. The maximum absolute atomic E-state index is 13.0. The fraction of sp³-hybridized carbons (Fsp3) is 0.550. The number of amides is 2. The number of hydrogen-bond donors (Lipinski definition) is 0. The largest absolute Gasteiger partial charge is 0.416 e. The Labute approximate surface area is 170 Å². The van der Waals surface area contributed by atoms with Gasteiger partial charge in [0.25, 0.3) is 0 Å². The zero-order valence-electron chi connectivity index (χ0n) is 16.8. The first-order valence-corrected chi connectivity index (χ1v) is 12.8. The molecule has 5 nitrogen and oxygen atoms in total. The molecule has 0 aromatic heterocycles. The molecule has 1 aliphatic heterocycles. The third kappa shape index (κ3) is 4.41. The minimum absolute atomic E-state index is 0.00421. The lowest BCUT2D eigenvalue weighted by Gasteiger charge is -2.39. The van der Waals surface area contributed by atoms with Gasteiger partial charge in [-0.25, -0.2) is 0 Å². The van der Waals surface area contributed by atoms with Crippen molar-refractivity contribution in [2.75, 3.05) is 11.5 Å². The average molecular weight is 454 g/mol. The maximum atomic E-state index is 13.0. The van der Waals surface area contributed by atoms with E-state index in [0.717, 1.165) is 10.8 Å². The van der Waals surface area contributed by atoms with E-state index in [1.54, 1.807) is 31.2 Å². The summed E-state index contributed by atoms with van der Waals surface area (Å²) in [5.74, 6) is -1.33. The van der Waals surface area contributed by atoms with Gasteiger partial charge in [0.2, 0.25) is 11.8 Å². The van der Waals surface area contributed by atoms with Gasteiger partial charge in [0, 0.05) is 17.5 Å². The van der Waals surface area contributed by atoms with Crippen LogP contribution in [-0.4, -0.2) is 33.0 Å². The number of imide groups is 1. The fourth-order valence-corrected chi connectivity index (χ4v) is 4.15. The summed E-state index contributed by atoms with van der Waals surface area (Å²) >= 11 is 3.35. The van der Waals surface area contributed by atoms with Crippen LogP contribution >= 0.6 is 15.9 Å². The third-order valence-electron chi connectivity index (χ3n) is 5.85. The SMILES string of the molecule is CC(C)(C)[Si](C)(C)OC[C@@](C)(C=O)[C@@H]1CC(=O)N(c2ccc(Br)cc2)C1=O. The number of rotatable bonds is 6. The molecule has 1 heterocycles. The van der Waals surface area contributed by atoms with E-state index in [0.29, 0.717) is 5.69 Å². The second-order valence-electron chi connectivity index (χ2n) is 8.97. The van der Waals surface area contributed by atoms with Crippen molar-refractivity contribution in [1.29, 1.82) is 0 Å². The standard InChI is InChI=1S/C20H28BrNO4Si/c1-19(2,3)27(5,6)26-13-20(4,12-23)16-11-17(24)22(18(16)25)15-9-7-14(21)8-10-15/h7-10,12,16H,11,13H2,1-6H3/t16-,20-/m1/s1. The molecule has 0 radical (unpaired) electrons. The molecule has 2 amide bonds. The van der Waals surface area contributed by atoms with Crippen molar-refractivity contribution in [3.05, 3.63) is 28.7 Å². The van der Waals surface area contributed by atoms with E-state index in [-0.39, 0.29) is 29.9 Å². The van der Waals surface area contributed by atoms with Crippen LogP contribution in [0.3, 0.4) is 0 Å². The molecule has 0 aliphatic carbocycles. The van der Waals surface area contributed by atoms with Gasteiger partial charge in [0.05, 0.1) is 17.0 Å². The Morgan fingerprint density at radius 3 is 2.22 bits per heavy atom. The van der Waals surface area contributed by atoms with Crippen LogP contribution in [0.4, 0.5) is 5.69 Å². The van der Waals surface area contributed by atoms with E-state index < -0.39 is 19.7 Å². The minimum Gasteiger partial charge on any atom is -0.416 e. The van der Waals surface area contributed by atoms with E-state index in [1.165, 1.54) is 4.90 Å². The highest BCUT2D eigenvalue weighted by Crippen LogP contribution is 2.41. The predicted molar refractivity (Wildman–Crippen MR) is 112 cm³/mol. The van der Waals surface area contributed by atoms with Crippen LogP contribution in [0.25, 0.3) is 0 Å². The Balaban J connectivity index is 2.24. The summed E-state index contributed by atoms with van der Waals surface area (Å²) in [7, 11) is -2.08. The fourth-order valence-electron chi connectivity index (χ4n) is 2.78. The zero-order valence-corrected chi connectivity index (χ0v) is 19.4. The Kier molecular flexibility index (Phi) is 6.19. The summed E-state index contributed by atoms with van der Waals surface area (Å²) in [6, 6.07) is 6.99. The number of hydrogen-bond acceptors (Lipinski definition) is 4. The van der Waals surface area contributed by atoms with E-state index in [2.05, 4.69) is 49.8 Å². The van der Waals surface area contributed by atoms with Crippen molar-refractivity contribution in [2.24, 2.45) is 11.3 Å². The van der Waals surface area contributed by atoms with Crippen LogP contribution in [0, 0.1) is 11.3 Å². The van der Waals surface area contributed by atoms with Gasteiger partial charge < -0.3 is 9.22 Å². The smallest absolute Gasteiger partial charge is 0.238 e. The van der Waals surface area contributed by atoms with Crippen LogP contribution in [0.15, 0.2) is 28.7 Å².